The van der Waals surface area contributed by atoms with Crippen LogP contribution >= 0.6 is 0 Å². The minimum absolute atomic E-state index is 0.0555. The summed E-state index contributed by atoms with van der Waals surface area (Å²) in [6.45, 7) is 7.51. The zero-order valence-corrected chi connectivity index (χ0v) is 22.0. The fourth-order valence-electron chi connectivity index (χ4n) is 6.72. The Morgan fingerprint density at radius 3 is 2.71 bits per heavy atom. The van der Waals surface area contributed by atoms with Gasteiger partial charge < -0.3 is 24.8 Å². The normalized spacial score (nSPS) is 22.3. The number of aryl methyl sites for hydroxylation is 1. The van der Waals surface area contributed by atoms with E-state index in [4.69, 9.17) is 9.72 Å². The van der Waals surface area contributed by atoms with Crippen molar-refractivity contribution in [2.24, 2.45) is 0 Å². The molecule has 4 heterocycles. The van der Waals surface area contributed by atoms with Gasteiger partial charge in [-0.25, -0.2) is 14.2 Å². The number of hydrogen-bond donors (Lipinski definition) is 3. The van der Waals surface area contributed by atoms with Gasteiger partial charge in [0.05, 0.1) is 35.6 Å². The average molecular weight is 522 g/mol. The molecule has 0 spiro atoms. The Labute approximate surface area is 219 Å². The highest BCUT2D eigenvalue weighted by Crippen LogP contribution is 2.47. The number of carbonyl (C=O) groups excluding carboxylic acids is 1. The number of ether oxygens (including phenoxy) is 1. The van der Waals surface area contributed by atoms with Crippen LogP contribution in [0.25, 0.3) is 22.3 Å². The van der Waals surface area contributed by atoms with Gasteiger partial charge in [0.25, 0.3) is 5.56 Å². The topological polar surface area (TPSA) is 114 Å². The molecule has 0 bridgehead atoms. The lowest BCUT2D eigenvalue weighted by Gasteiger charge is -2.35. The van der Waals surface area contributed by atoms with Crippen molar-refractivity contribution >= 4 is 16.9 Å². The molecule has 0 amide bonds. The van der Waals surface area contributed by atoms with Gasteiger partial charge in [0.2, 0.25) is 0 Å². The molecule has 38 heavy (non-hydrogen) atoms. The molecule has 9 heteroatoms. The summed E-state index contributed by atoms with van der Waals surface area (Å²) in [5.74, 6) is -1.17. The van der Waals surface area contributed by atoms with Crippen LogP contribution in [0.2, 0.25) is 0 Å². The number of pyridine rings is 2. The number of aromatic nitrogens is 2. The van der Waals surface area contributed by atoms with E-state index in [1.165, 1.54) is 6.07 Å². The zero-order chi connectivity index (χ0) is 27.1. The van der Waals surface area contributed by atoms with E-state index in [0.717, 1.165) is 22.1 Å². The highest BCUT2D eigenvalue weighted by Gasteiger charge is 2.46. The second-order valence-electron chi connectivity index (χ2n) is 11.1. The first-order valence-electron chi connectivity index (χ1n) is 13.3. The number of fused-ring (bicyclic) bond motifs is 5. The van der Waals surface area contributed by atoms with Crippen molar-refractivity contribution in [3.8, 4) is 11.4 Å². The summed E-state index contributed by atoms with van der Waals surface area (Å²) >= 11 is 0. The van der Waals surface area contributed by atoms with Gasteiger partial charge in [0.1, 0.15) is 12.4 Å². The van der Waals surface area contributed by atoms with Crippen molar-refractivity contribution < 1.29 is 24.1 Å². The highest BCUT2D eigenvalue weighted by atomic mass is 19.1. The molecule has 3 aliphatic rings. The Morgan fingerprint density at radius 1 is 1.26 bits per heavy atom. The molecule has 200 valence electrons. The summed E-state index contributed by atoms with van der Waals surface area (Å²) in [5, 5.41) is 26.0. The van der Waals surface area contributed by atoms with Gasteiger partial charge in [-0.05, 0) is 48.9 Å². The molecule has 0 fully saturated rings. The molecule has 0 saturated carbocycles. The molecule has 2 aliphatic heterocycles. The molecule has 3 aromatic rings. The standard InChI is InChI=1S/C29H32FN3O5/c1-5-29(37)19-8-23-26-17(10-33(23)27(35)18(19)12-38-28(29)36)24-16(22(11-34)31-13(2)3)7-6-15-14(4)20(30)9-21(32-26)25(15)24/h8-9,13,16,22,31,34,37H,5-7,10-12H2,1-4H3/t16-,22+,29-/m0/s1. The van der Waals surface area contributed by atoms with Crippen molar-refractivity contribution in [2.45, 2.75) is 83.7 Å². The second-order valence-corrected chi connectivity index (χ2v) is 11.1. The van der Waals surface area contributed by atoms with Gasteiger partial charge in [-0.1, -0.05) is 20.8 Å². The van der Waals surface area contributed by atoms with Gasteiger partial charge in [0.15, 0.2) is 5.60 Å². The third-order valence-electron chi connectivity index (χ3n) is 8.65. The molecule has 6 rings (SSSR count). The quantitative estimate of drug-likeness (QED) is 0.346. The maximum absolute atomic E-state index is 15.0. The summed E-state index contributed by atoms with van der Waals surface area (Å²) in [6.07, 6.45) is 1.44. The zero-order valence-electron chi connectivity index (χ0n) is 22.0. The first-order chi connectivity index (χ1) is 18.1. The lowest BCUT2D eigenvalue weighted by atomic mass is 9.75. The molecule has 0 unspecified atom stereocenters. The lowest BCUT2D eigenvalue weighted by Crippen LogP contribution is -2.44. The number of esters is 1. The Hall–Kier alpha value is -3.14. The minimum Gasteiger partial charge on any atom is -0.458 e. The number of halogens is 1. The molecule has 2 aromatic heterocycles. The third-order valence-corrected chi connectivity index (χ3v) is 8.65. The summed E-state index contributed by atoms with van der Waals surface area (Å²) in [5.41, 5.74) is 3.18. The van der Waals surface area contributed by atoms with Gasteiger partial charge in [-0.15, -0.1) is 0 Å². The van der Waals surface area contributed by atoms with Crippen LogP contribution in [0.4, 0.5) is 4.39 Å². The maximum Gasteiger partial charge on any atom is 0.343 e. The fraction of sp³-hybridized carbons (Fsp3) is 0.483. The Bertz CT molecular complexity index is 1580. The van der Waals surface area contributed by atoms with Crippen LogP contribution in [0.15, 0.2) is 16.9 Å². The number of nitrogens with zero attached hydrogens (tertiary/aromatic N) is 2. The summed E-state index contributed by atoms with van der Waals surface area (Å²) in [7, 11) is 0. The van der Waals surface area contributed by atoms with E-state index in [9.17, 15) is 19.8 Å². The highest BCUT2D eigenvalue weighted by molar-refractivity contribution is 5.93. The molecular formula is C29H32FN3O5. The number of aliphatic hydroxyl groups is 2. The minimum atomic E-state index is -1.92. The number of nitrogens with one attached hydrogen (secondary N) is 1. The molecular weight excluding hydrogens is 489 g/mol. The SMILES string of the molecule is CC[C@@]1(O)C(=O)OCc2c1cc1n(c2=O)Cc2c-1nc1cc(F)c(C)c3c1c2[C@H]([C@@H](CO)NC(C)C)CC3. The second kappa shape index (κ2) is 8.69. The average Bonchev–Trinajstić information content (AvgIpc) is 3.27. The van der Waals surface area contributed by atoms with Crippen molar-refractivity contribution in [3.63, 3.8) is 0 Å². The van der Waals surface area contributed by atoms with E-state index in [1.54, 1.807) is 24.5 Å². The lowest BCUT2D eigenvalue weighted by molar-refractivity contribution is -0.172. The number of benzene rings is 1. The summed E-state index contributed by atoms with van der Waals surface area (Å²) in [4.78, 5) is 31.1. The van der Waals surface area contributed by atoms with E-state index in [2.05, 4.69) is 5.32 Å². The smallest absolute Gasteiger partial charge is 0.343 e. The number of rotatable bonds is 5. The predicted molar refractivity (Wildman–Crippen MR) is 139 cm³/mol. The number of aliphatic hydroxyl groups excluding tert-OH is 1. The molecule has 1 aromatic carbocycles. The molecule has 0 saturated heterocycles. The van der Waals surface area contributed by atoms with Crippen LogP contribution in [-0.4, -0.2) is 44.4 Å². The van der Waals surface area contributed by atoms with Crippen LogP contribution in [0.1, 0.15) is 72.9 Å². The van der Waals surface area contributed by atoms with Crippen molar-refractivity contribution in [1.29, 1.82) is 0 Å². The largest absolute Gasteiger partial charge is 0.458 e. The first-order valence-corrected chi connectivity index (χ1v) is 13.3. The van der Waals surface area contributed by atoms with Crippen molar-refractivity contribution in [1.82, 2.24) is 14.9 Å². The van der Waals surface area contributed by atoms with Crippen LogP contribution in [0, 0.1) is 12.7 Å². The van der Waals surface area contributed by atoms with E-state index in [-0.39, 0.29) is 66.7 Å². The van der Waals surface area contributed by atoms with Gasteiger partial charge >= 0.3 is 5.97 Å². The van der Waals surface area contributed by atoms with Gasteiger partial charge in [-0.3, -0.25) is 4.79 Å². The monoisotopic (exact) mass is 521 g/mol. The molecule has 1 aliphatic carbocycles. The van der Waals surface area contributed by atoms with Gasteiger partial charge in [-0.2, -0.15) is 0 Å². The number of carbonyl (C=O) groups is 1. The van der Waals surface area contributed by atoms with Crippen LogP contribution in [0.5, 0.6) is 0 Å². The Kier molecular flexibility index (Phi) is 5.75. The number of hydrogen-bond acceptors (Lipinski definition) is 7. The fourth-order valence-corrected chi connectivity index (χ4v) is 6.72. The maximum atomic E-state index is 15.0. The van der Waals surface area contributed by atoms with Crippen molar-refractivity contribution in [3.05, 3.63) is 61.7 Å². The molecule has 8 nitrogen and oxygen atoms in total. The summed E-state index contributed by atoms with van der Waals surface area (Å²) < 4.78 is 21.8. The van der Waals surface area contributed by atoms with Crippen LogP contribution in [-0.2, 0) is 34.7 Å². The third kappa shape index (κ3) is 3.34. The van der Waals surface area contributed by atoms with Crippen LogP contribution in [0.3, 0.4) is 0 Å². The summed E-state index contributed by atoms with van der Waals surface area (Å²) in [6, 6.07) is 3.04. The van der Waals surface area contributed by atoms with E-state index in [0.29, 0.717) is 35.3 Å². The predicted octanol–water partition coefficient (Wildman–Crippen LogP) is 2.92. The molecule has 3 N–H and O–H groups in total. The van der Waals surface area contributed by atoms with E-state index < -0.39 is 11.6 Å². The molecule has 0 radical (unpaired) electrons. The Balaban J connectivity index is 1.66. The number of cyclic esters (lactones) is 1. The Morgan fingerprint density at radius 2 is 2.03 bits per heavy atom. The van der Waals surface area contributed by atoms with Crippen LogP contribution < -0.4 is 10.9 Å². The van der Waals surface area contributed by atoms with Gasteiger partial charge in [0, 0.05) is 40.6 Å². The van der Waals surface area contributed by atoms with E-state index in [1.807, 2.05) is 13.8 Å². The first kappa shape index (κ1) is 25.2. The van der Waals surface area contributed by atoms with E-state index >= 15 is 4.39 Å². The molecule has 3 atom stereocenters. The van der Waals surface area contributed by atoms with Crippen molar-refractivity contribution in [2.75, 3.05) is 6.61 Å².